The molecular formula is C11H16BrNO2S. The third kappa shape index (κ3) is 3.57. The molecule has 0 spiro atoms. The monoisotopic (exact) mass is 305 g/mol. The van der Waals surface area contributed by atoms with E-state index in [9.17, 15) is 4.79 Å². The van der Waals surface area contributed by atoms with Gasteiger partial charge < -0.3 is 9.64 Å². The van der Waals surface area contributed by atoms with Crippen molar-refractivity contribution < 1.29 is 9.53 Å². The molecule has 0 unspecified atom stereocenters. The SMILES string of the molecule is COCCN(C)C(=O)[C@H](C)c1ccc(Br)s1. The Hall–Kier alpha value is -0.390. The summed E-state index contributed by atoms with van der Waals surface area (Å²) in [4.78, 5) is 14.8. The van der Waals surface area contributed by atoms with Crippen LogP contribution in [0.1, 0.15) is 17.7 Å². The van der Waals surface area contributed by atoms with Gasteiger partial charge in [0.05, 0.1) is 16.3 Å². The molecule has 1 atom stereocenters. The molecule has 0 aliphatic rings. The molecule has 1 aromatic rings. The average molecular weight is 306 g/mol. The maximum Gasteiger partial charge on any atom is 0.230 e. The zero-order valence-corrected chi connectivity index (χ0v) is 12.1. The molecule has 0 aliphatic heterocycles. The summed E-state index contributed by atoms with van der Waals surface area (Å²) in [7, 11) is 3.44. The van der Waals surface area contributed by atoms with Crippen LogP contribution in [0.15, 0.2) is 15.9 Å². The standard InChI is InChI=1S/C11H16BrNO2S/c1-8(9-4-5-10(12)16-9)11(14)13(2)6-7-15-3/h4-5,8H,6-7H2,1-3H3/t8-/m1/s1. The number of likely N-dealkylation sites (N-methyl/N-ethyl adjacent to an activating group) is 1. The highest BCUT2D eigenvalue weighted by atomic mass is 79.9. The van der Waals surface area contributed by atoms with Crippen molar-refractivity contribution in [3.05, 3.63) is 20.8 Å². The number of hydrogen-bond donors (Lipinski definition) is 0. The molecule has 0 saturated carbocycles. The molecule has 0 fully saturated rings. The second-order valence-electron chi connectivity index (χ2n) is 3.62. The highest BCUT2D eigenvalue weighted by Crippen LogP contribution is 2.29. The zero-order chi connectivity index (χ0) is 12.1. The number of halogens is 1. The minimum Gasteiger partial charge on any atom is -0.383 e. The van der Waals surface area contributed by atoms with Crippen LogP contribution in [0.3, 0.4) is 0 Å². The second-order valence-corrected chi connectivity index (χ2v) is 6.11. The Bertz CT molecular complexity index is 354. The molecule has 0 aromatic carbocycles. The highest BCUT2D eigenvalue weighted by Gasteiger charge is 2.20. The summed E-state index contributed by atoms with van der Waals surface area (Å²) in [6.07, 6.45) is 0. The minimum absolute atomic E-state index is 0.0850. The van der Waals surface area contributed by atoms with Gasteiger partial charge in [-0.3, -0.25) is 4.79 Å². The predicted molar refractivity (Wildman–Crippen MR) is 69.9 cm³/mol. The van der Waals surface area contributed by atoms with Crippen LogP contribution in [0, 0.1) is 0 Å². The van der Waals surface area contributed by atoms with E-state index in [4.69, 9.17) is 4.74 Å². The van der Waals surface area contributed by atoms with Crippen molar-refractivity contribution in [3.63, 3.8) is 0 Å². The van der Waals surface area contributed by atoms with Crippen LogP contribution < -0.4 is 0 Å². The van der Waals surface area contributed by atoms with Crippen molar-refractivity contribution in [2.45, 2.75) is 12.8 Å². The first kappa shape index (κ1) is 13.7. The average Bonchev–Trinajstić information content (AvgIpc) is 2.70. The van der Waals surface area contributed by atoms with Crippen molar-refractivity contribution >= 4 is 33.2 Å². The van der Waals surface area contributed by atoms with E-state index in [-0.39, 0.29) is 11.8 Å². The lowest BCUT2D eigenvalue weighted by Crippen LogP contribution is -2.32. The molecular weight excluding hydrogens is 290 g/mol. The molecule has 0 radical (unpaired) electrons. The lowest BCUT2D eigenvalue weighted by atomic mass is 10.1. The smallest absolute Gasteiger partial charge is 0.230 e. The van der Waals surface area contributed by atoms with Crippen LogP contribution in [0.25, 0.3) is 0 Å². The molecule has 1 rings (SSSR count). The van der Waals surface area contributed by atoms with Gasteiger partial charge in [0, 0.05) is 25.6 Å². The van der Waals surface area contributed by atoms with E-state index in [1.165, 1.54) is 0 Å². The number of carbonyl (C=O) groups excluding carboxylic acids is 1. The lowest BCUT2D eigenvalue weighted by molar-refractivity contribution is -0.131. The minimum atomic E-state index is -0.0850. The Labute approximate surface area is 109 Å². The van der Waals surface area contributed by atoms with Crippen LogP contribution >= 0.6 is 27.3 Å². The second kappa shape index (κ2) is 6.37. The van der Waals surface area contributed by atoms with Crippen LogP contribution in [0.4, 0.5) is 0 Å². The Kier molecular flexibility index (Phi) is 5.44. The number of carbonyl (C=O) groups is 1. The molecule has 5 heteroatoms. The Balaban J connectivity index is 2.59. The van der Waals surface area contributed by atoms with E-state index in [1.54, 1.807) is 30.4 Å². The van der Waals surface area contributed by atoms with E-state index in [1.807, 2.05) is 19.1 Å². The fraction of sp³-hybridized carbons (Fsp3) is 0.545. The molecule has 0 saturated heterocycles. The van der Waals surface area contributed by atoms with Crippen LogP contribution in [-0.4, -0.2) is 38.1 Å². The van der Waals surface area contributed by atoms with Gasteiger partial charge in [0.25, 0.3) is 0 Å². The summed E-state index contributed by atoms with van der Waals surface area (Å²) in [6.45, 7) is 3.14. The third-order valence-electron chi connectivity index (χ3n) is 2.40. The van der Waals surface area contributed by atoms with Crippen LogP contribution in [0.5, 0.6) is 0 Å². The number of nitrogens with zero attached hydrogens (tertiary/aromatic N) is 1. The van der Waals surface area contributed by atoms with Gasteiger partial charge in [0.15, 0.2) is 0 Å². The van der Waals surface area contributed by atoms with E-state index >= 15 is 0 Å². The fourth-order valence-corrected chi connectivity index (χ4v) is 2.82. The van der Waals surface area contributed by atoms with E-state index in [2.05, 4.69) is 15.9 Å². The largest absolute Gasteiger partial charge is 0.383 e. The van der Waals surface area contributed by atoms with Gasteiger partial charge in [-0.1, -0.05) is 0 Å². The van der Waals surface area contributed by atoms with Gasteiger partial charge in [-0.2, -0.15) is 0 Å². The summed E-state index contributed by atoms with van der Waals surface area (Å²) in [5.41, 5.74) is 0. The van der Waals surface area contributed by atoms with Gasteiger partial charge >= 0.3 is 0 Å². The van der Waals surface area contributed by atoms with Crippen molar-refractivity contribution in [3.8, 4) is 0 Å². The van der Waals surface area contributed by atoms with Crippen molar-refractivity contribution in [2.75, 3.05) is 27.3 Å². The number of amides is 1. The van der Waals surface area contributed by atoms with E-state index < -0.39 is 0 Å². The maximum absolute atomic E-state index is 12.0. The van der Waals surface area contributed by atoms with Crippen LogP contribution in [-0.2, 0) is 9.53 Å². The van der Waals surface area contributed by atoms with Gasteiger partial charge in [-0.25, -0.2) is 0 Å². The molecule has 0 aliphatic carbocycles. The van der Waals surface area contributed by atoms with Crippen molar-refractivity contribution in [1.82, 2.24) is 4.90 Å². The first-order valence-corrected chi connectivity index (χ1v) is 6.66. The number of rotatable bonds is 5. The molecule has 1 amide bonds. The summed E-state index contributed by atoms with van der Waals surface area (Å²) in [5, 5.41) is 0. The molecule has 3 nitrogen and oxygen atoms in total. The number of ether oxygens (including phenoxy) is 1. The van der Waals surface area contributed by atoms with Gasteiger partial charge in [0.1, 0.15) is 0 Å². The molecule has 90 valence electrons. The van der Waals surface area contributed by atoms with Gasteiger partial charge in [-0.15, -0.1) is 11.3 Å². The van der Waals surface area contributed by atoms with Crippen LogP contribution in [0.2, 0.25) is 0 Å². The topological polar surface area (TPSA) is 29.5 Å². The molecule has 16 heavy (non-hydrogen) atoms. The molecule has 1 aromatic heterocycles. The number of thiophene rings is 1. The third-order valence-corrected chi connectivity index (χ3v) is 4.20. The van der Waals surface area contributed by atoms with E-state index in [0.717, 1.165) is 8.66 Å². The first-order chi connectivity index (χ1) is 7.56. The number of methoxy groups -OCH3 is 1. The quantitative estimate of drug-likeness (QED) is 0.837. The summed E-state index contributed by atoms with van der Waals surface area (Å²) in [5.74, 6) is 0.0459. The normalized spacial score (nSPS) is 12.5. The molecule has 1 heterocycles. The first-order valence-electron chi connectivity index (χ1n) is 5.05. The molecule has 0 N–H and O–H groups in total. The summed E-state index contributed by atoms with van der Waals surface area (Å²) in [6, 6.07) is 3.96. The maximum atomic E-state index is 12.0. The predicted octanol–water partition coefficient (Wildman–Crippen LogP) is 2.72. The Morgan fingerprint density at radius 3 is 2.81 bits per heavy atom. The number of hydrogen-bond acceptors (Lipinski definition) is 3. The highest BCUT2D eigenvalue weighted by molar-refractivity contribution is 9.11. The van der Waals surface area contributed by atoms with Gasteiger partial charge in [-0.05, 0) is 35.0 Å². The fourth-order valence-electron chi connectivity index (χ4n) is 1.35. The lowest BCUT2D eigenvalue weighted by Gasteiger charge is -2.20. The van der Waals surface area contributed by atoms with Crippen molar-refractivity contribution in [1.29, 1.82) is 0 Å². The summed E-state index contributed by atoms with van der Waals surface area (Å²) >= 11 is 5.01. The van der Waals surface area contributed by atoms with Crippen molar-refractivity contribution in [2.24, 2.45) is 0 Å². The Morgan fingerprint density at radius 2 is 2.31 bits per heavy atom. The Morgan fingerprint density at radius 1 is 1.62 bits per heavy atom. The zero-order valence-electron chi connectivity index (χ0n) is 9.70. The van der Waals surface area contributed by atoms with E-state index in [0.29, 0.717) is 13.2 Å². The van der Waals surface area contributed by atoms with Gasteiger partial charge in [0.2, 0.25) is 5.91 Å². The summed E-state index contributed by atoms with van der Waals surface area (Å²) < 4.78 is 6.01. The molecule has 0 bridgehead atoms.